The van der Waals surface area contributed by atoms with E-state index in [4.69, 9.17) is 18.9 Å². The fraction of sp³-hybridized carbons (Fsp3) is 1.00. The Bertz CT molecular complexity index is 1270. The van der Waals surface area contributed by atoms with Gasteiger partial charge in [0.05, 0.1) is 26.4 Å². The van der Waals surface area contributed by atoms with Crippen LogP contribution in [0, 0.1) is 5.41 Å². The van der Waals surface area contributed by atoms with Crippen LogP contribution in [0.1, 0.15) is 181 Å². The monoisotopic (exact) mass is 953 g/mol. The van der Waals surface area contributed by atoms with Gasteiger partial charge >= 0.3 is 20.8 Å². The molecule has 2 aliphatic rings. The van der Waals surface area contributed by atoms with Gasteiger partial charge in [-0.3, -0.25) is 9.11 Å². The summed E-state index contributed by atoms with van der Waals surface area (Å²) in [6.45, 7) is 2.36. The molecule has 0 saturated carbocycles. The minimum Gasteiger partial charge on any atom is -0.394 e. The zero-order valence-corrected chi connectivity index (χ0v) is 39.6. The lowest BCUT2D eigenvalue weighted by Crippen LogP contribution is -2.61. The predicted molar refractivity (Wildman–Crippen MR) is 234 cm³/mol. The van der Waals surface area contributed by atoms with Gasteiger partial charge in [-0.15, -0.1) is 0 Å². The third-order valence-electron chi connectivity index (χ3n) is 12.3. The summed E-state index contributed by atoms with van der Waals surface area (Å²) in [6, 6.07) is 0. The van der Waals surface area contributed by atoms with E-state index < -0.39 is 101 Å². The molecule has 2 heterocycles. The summed E-state index contributed by atoms with van der Waals surface area (Å²) in [6.07, 6.45) is 9.83. The Labute approximate surface area is 377 Å². The van der Waals surface area contributed by atoms with E-state index in [1.807, 2.05) is 0 Å². The lowest BCUT2D eigenvalue weighted by atomic mass is 9.79. The fourth-order valence-corrected chi connectivity index (χ4v) is 9.56. The molecule has 0 unspecified atom stereocenters. The molecule has 0 aromatic carbocycles. The predicted octanol–water partition coefficient (Wildman–Crippen LogP) is 5.44. The maximum absolute atomic E-state index is 11.7. The Morgan fingerprint density at radius 1 is 0.444 bits per heavy atom. The normalized spacial score (nSPS) is 27.3. The lowest BCUT2D eigenvalue weighted by Gasteiger charge is -2.44. The zero-order valence-electron chi connectivity index (χ0n) is 38.0. The molecule has 63 heavy (non-hydrogen) atoms. The lowest BCUT2D eigenvalue weighted by molar-refractivity contribution is -0.315. The highest BCUT2D eigenvalue weighted by Gasteiger charge is 2.50. The van der Waals surface area contributed by atoms with Crippen molar-refractivity contribution in [3.8, 4) is 0 Å². The van der Waals surface area contributed by atoms with E-state index in [0.717, 1.165) is 51.4 Å². The number of hydrogen-bond donors (Lipinski definition) is 8. The fourth-order valence-electron chi connectivity index (χ4n) is 8.54. The van der Waals surface area contributed by atoms with Crippen LogP contribution in [0.2, 0.25) is 0 Å². The second-order valence-electron chi connectivity index (χ2n) is 17.8. The third-order valence-corrected chi connectivity index (χ3v) is 13.3. The van der Waals surface area contributed by atoms with Crippen LogP contribution in [0.5, 0.6) is 0 Å². The van der Waals surface area contributed by atoms with Crippen LogP contribution in [0.4, 0.5) is 0 Å². The summed E-state index contributed by atoms with van der Waals surface area (Å²) in [5, 5.41) is 63.3. The van der Waals surface area contributed by atoms with Crippen LogP contribution in [-0.2, 0) is 48.1 Å². The van der Waals surface area contributed by atoms with Crippen molar-refractivity contribution in [2.75, 3.05) is 26.4 Å². The van der Waals surface area contributed by atoms with Gasteiger partial charge in [0.1, 0.15) is 48.8 Å². The molecule has 0 aromatic rings. The Hall–Kier alpha value is -0.660. The van der Waals surface area contributed by atoms with Crippen LogP contribution in [0.15, 0.2) is 0 Å². The van der Waals surface area contributed by atoms with Gasteiger partial charge in [0.2, 0.25) is 0 Å². The summed E-state index contributed by atoms with van der Waals surface area (Å²) < 4.78 is 98.2. The molecular formula is C43H84O18S2. The first-order chi connectivity index (χ1) is 30.0. The first-order valence-corrected chi connectivity index (χ1v) is 26.5. The van der Waals surface area contributed by atoms with E-state index in [1.54, 1.807) is 0 Å². The maximum atomic E-state index is 11.7. The van der Waals surface area contributed by atoms with E-state index in [1.165, 1.54) is 89.9 Å². The maximum Gasteiger partial charge on any atom is 0.397 e. The van der Waals surface area contributed by atoms with Crippen LogP contribution >= 0.6 is 0 Å². The molecule has 2 aliphatic heterocycles. The van der Waals surface area contributed by atoms with Crippen molar-refractivity contribution in [3.05, 3.63) is 0 Å². The number of aliphatic hydroxyl groups excluding tert-OH is 6. The molecule has 2 saturated heterocycles. The molecule has 0 aliphatic carbocycles. The van der Waals surface area contributed by atoms with Crippen LogP contribution in [0.3, 0.4) is 0 Å². The van der Waals surface area contributed by atoms with Gasteiger partial charge in [-0.25, -0.2) is 8.37 Å². The van der Waals surface area contributed by atoms with Gasteiger partial charge in [0.25, 0.3) is 0 Å². The Morgan fingerprint density at radius 3 is 0.968 bits per heavy atom. The number of rotatable bonds is 38. The number of ether oxygens (including phenoxy) is 4. The Kier molecular flexibility index (Phi) is 29.8. The molecule has 0 amide bonds. The molecule has 0 spiro atoms. The van der Waals surface area contributed by atoms with Crippen molar-refractivity contribution >= 4 is 20.8 Å². The average Bonchev–Trinajstić information content (AvgIpc) is 3.23. The number of aliphatic hydroxyl groups is 6. The second-order valence-corrected chi connectivity index (χ2v) is 19.9. The van der Waals surface area contributed by atoms with E-state index in [9.17, 15) is 56.6 Å². The van der Waals surface area contributed by atoms with Crippen molar-refractivity contribution < 1.29 is 83.9 Å². The Morgan fingerprint density at radius 2 is 0.714 bits per heavy atom. The molecule has 0 aromatic heterocycles. The van der Waals surface area contributed by atoms with Crippen molar-refractivity contribution in [2.45, 2.75) is 242 Å². The highest BCUT2D eigenvalue weighted by atomic mass is 32.3. The van der Waals surface area contributed by atoms with Gasteiger partial charge in [-0.1, -0.05) is 168 Å². The molecule has 8 N–H and O–H groups in total. The number of hydrogen-bond acceptors (Lipinski definition) is 16. The summed E-state index contributed by atoms with van der Waals surface area (Å²) in [5.74, 6) is 0. The molecule has 0 bridgehead atoms. The molecule has 20 heteroatoms. The summed E-state index contributed by atoms with van der Waals surface area (Å²) in [4.78, 5) is 0. The van der Waals surface area contributed by atoms with Gasteiger partial charge in [-0.05, 0) is 12.8 Å². The molecule has 2 fully saturated rings. The third kappa shape index (κ3) is 23.8. The van der Waals surface area contributed by atoms with Crippen molar-refractivity contribution in [1.29, 1.82) is 0 Å². The van der Waals surface area contributed by atoms with Crippen molar-refractivity contribution in [3.63, 3.8) is 0 Å². The summed E-state index contributed by atoms with van der Waals surface area (Å²) in [5.41, 5.74) is -0.933. The highest BCUT2D eigenvalue weighted by molar-refractivity contribution is 7.81. The van der Waals surface area contributed by atoms with Crippen LogP contribution in [-0.4, -0.2) is 144 Å². The quantitative estimate of drug-likeness (QED) is 0.0282. The minimum absolute atomic E-state index is 0.211. The van der Waals surface area contributed by atoms with Gasteiger partial charge in [0.15, 0.2) is 12.6 Å². The van der Waals surface area contributed by atoms with Crippen molar-refractivity contribution in [2.24, 2.45) is 5.41 Å². The number of unbranched alkanes of at least 4 members (excludes halogenated alkanes) is 22. The summed E-state index contributed by atoms with van der Waals surface area (Å²) in [7, 11) is -10.3. The topological polar surface area (TPSA) is 285 Å². The molecule has 0 radical (unpaired) electrons. The van der Waals surface area contributed by atoms with Gasteiger partial charge < -0.3 is 49.6 Å². The zero-order chi connectivity index (χ0) is 46.7. The van der Waals surface area contributed by atoms with E-state index in [2.05, 4.69) is 22.2 Å². The van der Waals surface area contributed by atoms with Crippen molar-refractivity contribution in [1.82, 2.24) is 0 Å². The smallest absolute Gasteiger partial charge is 0.394 e. The van der Waals surface area contributed by atoms with Gasteiger partial charge in [0, 0.05) is 5.41 Å². The highest BCUT2D eigenvalue weighted by Crippen LogP contribution is 2.37. The molecular weight excluding hydrogens is 869 g/mol. The largest absolute Gasteiger partial charge is 0.397 e. The first-order valence-electron chi connectivity index (χ1n) is 23.8. The van der Waals surface area contributed by atoms with E-state index >= 15 is 0 Å². The average molecular weight is 953 g/mol. The Balaban J connectivity index is 2.29. The standard InChI is InChI=1S/C43H84O18S2/c1-3-5-7-9-11-13-15-17-19-21-23-25-27-43(28-26-24-22-20-18-16-14-12-10-8-6-4-2,31-56-41-37(48)39(60-62(50,51)52)35(46)33(29-44)58-41)32-57-42-38(49)40(61-63(53,54)55)36(47)34(30-45)59-42/h33-42,44-49H,3-32H2,1-2H3,(H,50,51,52)(H,53,54,55)/t33-,34-,35+,36+,37-,38-,39+,40+,41-,42-/m1/s1. The van der Waals surface area contributed by atoms with Crippen LogP contribution in [0.25, 0.3) is 0 Å². The minimum atomic E-state index is -5.17. The molecule has 10 atom stereocenters. The van der Waals surface area contributed by atoms with E-state index in [-0.39, 0.29) is 13.2 Å². The molecule has 18 nitrogen and oxygen atoms in total. The van der Waals surface area contributed by atoms with Gasteiger partial charge in [-0.2, -0.15) is 16.8 Å². The second kappa shape index (κ2) is 32.2. The van der Waals surface area contributed by atoms with E-state index in [0.29, 0.717) is 25.7 Å². The van der Waals surface area contributed by atoms with Crippen LogP contribution < -0.4 is 0 Å². The first kappa shape index (κ1) is 58.5. The SMILES string of the molecule is CCCCCCCCCCCCCCC(CCCCCCCCCCCCCC)(CO[C@@H]1O[C@H](CO)[C@H](O)[C@H](OS(=O)(=O)O)[C@H]1O)CO[C@@H]1O[C@H](CO)[C@H](O)[C@H](OS(=O)(=O)O)[C@H]1O. The molecule has 376 valence electrons. The summed E-state index contributed by atoms with van der Waals surface area (Å²) >= 11 is 0. The molecule has 2 rings (SSSR count).